The van der Waals surface area contributed by atoms with Crippen LogP contribution in [0.15, 0.2) is 17.2 Å². The second-order valence-corrected chi connectivity index (χ2v) is 5.81. The number of hydrogen-bond acceptors (Lipinski definition) is 3. The van der Waals surface area contributed by atoms with Crippen molar-refractivity contribution >= 4 is 10.0 Å². The summed E-state index contributed by atoms with van der Waals surface area (Å²) in [6.45, 7) is 4.67. The van der Waals surface area contributed by atoms with E-state index in [1.165, 1.54) is 16.6 Å². The Bertz CT molecular complexity index is 439. The molecule has 0 aromatic carbocycles. The van der Waals surface area contributed by atoms with Gasteiger partial charge < -0.3 is 10.1 Å². The Hall–Kier alpha value is -0.850. The Labute approximate surface area is 103 Å². The van der Waals surface area contributed by atoms with Gasteiger partial charge in [-0.1, -0.05) is 20.3 Å². The summed E-state index contributed by atoms with van der Waals surface area (Å²) in [6.07, 6.45) is 3.24. The molecule has 0 saturated heterocycles. The van der Waals surface area contributed by atoms with Crippen LogP contribution in [0, 0.1) is 0 Å². The van der Waals surface area contributed by atoms with E-state index >= 15 is 0 Å². The molecule has 6 heteroatoms. The highest BCUT2D eigenvalue weighted by atomic mass is 32.2. The van der Waals surface area contributed by atoms with Gasteiger partial charge in [0.05, 0.1) is 11.5 Å². The van der Waals surface area contributed by atoms with Crippen LogP contribution in [-0.2, 0) is 16.6 Å². The summed E-state index contributed by atoms with van der Waals surface area (Å²) in [7, 11) is -3.42. The fourth-order valence-corrected chi connectivity index (χ4v) is 3.10. The normalized spacial score (nSPS) is 12.2. The van der Waals surface area contributed by atoms with Crippen molar-refractivity contribution < 1.29 is 13.5 Å². The summed E-state index contributed by atoms with van der Waals surface area (Å²) >= 11 is 0. The summed E-state index contributed by atoms with van der Waals surface area (Å²) in [5.41, 5.74) is 0.509. The summed E-state index contributed by atoms with van der Waals surface area (Å²) < 4.78 is 25.9. The fraction of sp³-hybridized carbons (Fsp3) is 0.636. The van der Waals surface area contributed by atoms with Gasteiger partial charge in [0, 0.05) is 25.0 Å². The van der Waals surface area contributed by atoms with E-state index in [1.54, 1.807) is 0 Å². The molecule has 2 N–H and O–H groups in total. The van der Waals surface area contributed by atoms with Gasteiger partial charge in [0.2, 0.25) is 10.0 Å². The van der Waals surface area contributed by atoms with Crippen molar-refractivity contribution in [3.05, 3.63) is 18.0 Å². The molecule has 0 aliphatic rings. The number of hydrogen-bond donors (Lipinski definition) is 2. The SMILES string of the molecule is CCCCN(CC)S(=O)(=O)c1c[nH]c(CO)c1. The molecule has 1 heterocycles. The number of nitrogens with one attached hydrogen (secondary N) is 1. The second kappa shape index (κ2) is 6.18. The zero-order valence-electron chi connectivity index (χ0n) is 10.3. The zero-order valence-corrected chi connectivity index (χ0v) is 11.1. The molecule has 0 aliphatic carbocycles. The number of aliphatic hydroxyl groups excluding tert-OH is 1. The van der Waals surface area contributed by atoms with Gasteiger partial charge >= 0.3 is 0 Å². The molecule has 0 radical (unpaired) electrons. The molecule has 0 atom stereocenters. The number of aromatic nitrogens is 1. The van der Waals surface area contributed by atoms with Gasteiger partial charge in [-0.15, -0.1) is 0 Å². The predicted octanol–water partition coefficient (Wildman–Crippen LogP) is 1.32. The maximum Gasteiger partial charge on any atom is 0.244 e. The quantitative estimate of drug-likeness (QED) is 0.776. The van der Waals surface area contributed by atoms with Crippen LogP contribution >= 0.6 is 0 Å². The van der Waals surface area contributed by atoms with Crippen LogP contribution < -0.4 is 0 Å². The first-order chi connectivity index (χ1) is 8.06. The molecule has 0 unspecified atom stereocenters. The highest BCUT2D eigenvalue weighted by Gasteiger charge is 2.23. The molecule has 1 rings (SSSR count). The molecule has 1 aromatic heterocycles. The monoisotopic (exact) mass is 260 g/mol. The highest BCUT2D eigenvalue weighted by molar-refractivity contribution is 7.89. The van der Waals surface area contributed by atoms with Gasteiger partial charge in [-0.3, -0.25) is 0 Å². The Morgan fingerprint density at radius 3 is 2.59 bits per heavy atom. The maximum absolute atomic E-state index is 12.2. The van der Waals surface area contributed by atoms with Crippen molar-refractivity contribution in [1.82, 2.24) is 9.29 Å². The molecule has 0 spiro atoms. The number of H-pyrrole nitrogens is 1. The first-order valence-corrected chi connectivity index (χ1v) is 7.28. The number of sulfonamides is 1. The lowest BCUT2D eigenvalue weighted by Crippen LogP contribution is -2.31. The fourth-order valence-electron chi connectivity index (χ4n) is 1.59. The van der Waals surface area contributed by atoms with E-state index in [2.05, 4.69) is 4.98 Å². The predicted molar refractivity (Wildman–Crippen MR) is 66.1 cm³/mol. The summed E-state index contributed by atoms with van der Waals surface area (Å²) in [5.74, 6) is 0. The average Bonchev–Trinajstić information content (AvgIpc) is 2.79. The van der Waals surface area contributed by atoms with Crippen LogP contribution in [0.3, 0.4) is 0 Å². The van der Waals surface area contributed by atoms with Crippen LogP contribution in [0.25, 0.3) is 0 Å². The minimum Gasteiger partial charge on any atom is -0.390 e. The number of nitrogens with zero attached hydrogens (tertiary/aromatic N) is 1. The van der Waals surface area contributed by atoms with E-state index in [-0.39, 0.29) is 11.5 Å². The molecule has 0 fully saturated rings. The molecule has 98 valence electrons. The second-order valence-electron chi connectivity index (χ2n) is 3.87. The zero-order chi connectivity index (χ0) is 12.9. The van der Waals surface area contributed by atoms with E-state index in [1.807, 2.05) is 13.8 Å². The van der Waals surface area contributed by atoms with Crippen LogP contribution in [0.2, 0.25) is 0 Å². The minimum atomic E-state index is -3.42. The van der Waals surface area contributed by atoms with Gasteiger partial charge in [0.15, 0.2) is 0 Å². The summed E-state index contributed by atoms with van der Waals surface area (Å²) in [5, 5.41) is 8.91. The Morgan fingerprint density at radius 1 is 1.41 bits per heavy atom. The third-order valence-electron chi connectivity index (χ3n) is 2.64. The molecule has 0 aliphatic heterocycles. The van der Waals surface area contributed by atoms with Crippen LogP contribution in [0.4, 0.5) is 0 Å². The lowest BCUT2D eigenvalue weighted by molar-refractivity contribution is 0.277. The molecule has 0 amide bonds. The first-order valence-electron chi connectivity index (χ1n) is 5.84. The molecular weight excluding hydrogens is 240 g/mol. The van der Waals surface area contributed by atoms with Gasteiger partial charge in [-0.25, -0.2) is 8.42 Å². The number of rotatable bonds is 7. The Morgan fingerprint density at radius 2 is 2.12 bits per heavy atom. The largest absolute Gasteiger partial charge is 0.390 e. The van der Waals surface area contributed by atoms with Crippen molar-refractivity contribution in [1.29, 1.82) is 0 Å². The molecule has 0 saturated carbocycles. The number of unbranched alkanes of at least 4 members (excludes halogenated alkanes) is 1. The minimum absolute atomic E-state index is 0.184. The van der Waals surface area contributed by atoms with Gasteiger partial charge in [-0.05, 0) is 12.5 Å². The summed E-state index contributed by atoms with van der Waals surface area (Å²) in [4.78, 5) is 2.96. The van der Waals surface area contributed by atoms with E-state index in [0.29, 0.717) is 18.8 Å². The first kappa shape index (κ1) is 14.2. The molecule has 0 bridgehead atoms. The van der Waals surface area contributed by atoms with Crippen LogP contribution in [0.1, 0.15) is 32.4 Å². The van der Waals surface area contributed by atoms with Gasteiger partial charge in [0.25, 0.3) is 0 Å². The number of aromatic amines is 1. The molecule has 5 nitrogen and oxygen atoms in total. The van der Waals surface area contributed by atoms with Crippen molar-refractivity contribution in [3.8, 4) is 0 Å². The molecule has 17 heavy (non-hydrogen) atoms. The van der Waals surface area contributed by atoms with E-state index in [4.69, 9.17) is 5.11 Å². The Kier molecular flexibility index (Phi) is 5.17. The highest BCUT2D eigenvalue weighted by Crippen LogP contribution is 2.17. The van der Waals surface area contributed by atoms with Crippen molar-refractivity contribution in [3.63, 3.8) is 0 Å². The standard InChI is InChI=1S/C11H20N2O3S/c1-3-5-6-13(4-2)17(15,16)11-7-10(9-14)12-8-11/h7-8,12,14H,3-6,9H2,1-2H3. The smallest absolute Gasteiger partial charge is 0.244 e. The van der Waals surface area contributed by atoms with E-state index in [0.717, 1.165) is 12.8 Å². The van der Waals surface area contributed by atoms with Gasteiger partial charge in [0.1, 0.15) is 0 Å². The lowest BCUT2D eigenvalue weighted by atomic mass is 10.3. The van der Waals surface area contributed by atoms with Crippen LogP contribution in [0.5, 0.6) is 0 Å². The topological polar surface area (TPSA) is 73.4 Å². The third-order valence-corrected chi connectivity index (χ3v) is 4.59. The van der Waals surface area contributed by atoms with Crippen molar-refractivity contribution in [2.75, 3.05) is 13.1 Å². The average molecular weight is 260 g/mol. The maximum atomic E-state index is 12.2. The molecular formula is C11H20N2O3S. The molecule has 1 aromatic rings. The lowest BCUT2D eigenvalue weighted by Gasteiger charge is -2.19. The van der Waals surface area contributed by atoms with E-state index < -0.39 is 10.0 Å². The van der Waals surface area contributed by atoms with Crippen LogP contribution in [-0.4, -0.2) is 35.9 Å². The Balaban J connectivity index is 2.91. The van der Waals surface area contributed by atoms with Crippen molar-refractivity contribution in [2.24, 2.45) is 0 Å². The third kappa shape index (κ3) is 3.31. The van der Waals surface area contributed by atoms with Crippen molar-refractivity contribution in [2.45, 2.75) is 38.2 Å². The van der Waals surface area contributed by atoms with Gasteiger partial charge in [-0.2, -0.15) is 4.31 Å². The van der Waals surface area contributed by atoms with E-state index in [9.17, 15) is 8.42 Å². The number of aliphatic hydroxyl groups is 1. The summed E-state index contributed by atoms with van der Waals surface area (Å²) in [6, 6.07) is 1.48.